The van der Waals surface area contributed by atoms with Gasteiger partial charge < -0.3 is 5.73 Å². The van der Waals surface area contributed by atoms with E-state index in [1.165, 1.54) is 0 Å². The summed E-state index contributed by atoms with van der Waals surface area (Å²) in [7, 11) is 0. The van der Waals surface area contributed by atoms with Crippen molar-refractivity contribution in [2.45, 2.75) is 26.3 Å². The summed E-state index contributed by atoms with van der Waals surface area (Å²) in [5.41, 5.74) is 5.58. The molecule has 2 nitrogen and oxygen atoms in total. The zero-order valence-corrected chi connectivity index (χ0v) is 6.42. The summed E-state index contributed by atoms with van der Waals surface area (Å²) in [6.07, 6.45) is 5.17. The maximum atomic E-state index is 10.6. The Morgan fingerprint density at radius 3 is 2.50 bits per heavy atom. The Morgan fingerprint density at radius 1 is 1.70 bits per heavy atom. The van der Waals surface area contributed by atoms with Crippen LogP contribution in [0.5, 0.6) is 0 Å². The van der Waals surface area contributed by atoms with E-state index in [1.807, 2.05) is 19.8 Å². The molecule has 0 aliphatic rings. The SMILES string of the molecule is C#CC(=O)CC(N)C(C)C. The van der Waals surface area contributed by atoms with Gasteiger partial charge in [0.25, 0.3) is 0 Å². The van der Waals surface area contributed by atoms with E-state index in [0.29, 0.717) is 12.3 Å². The van der Waals surface area contributed by atoms with Crippen LogP contribution in [0.1, 0.15) is 20.3 Å². The number of carbonyl (C=O) groups is 1. The molecular weight excluding hydrogens is 126 g/mol. The number of ketones is 1. The highest BCUT2D eigenvalue weighted by Gasteiger charge is 2.10. The summed E-state index contributed by atoms with van der Waals surface area (Å²) in [6.45, 7) is 3.93. The Labute approximate surface area is 61.8 Å². The number of nitrogens with two attached hydrogens (primary N) is 1. The first-order chi connectivity index (χ1) is 4.57. The van der Waals surface area contributed by atoms with Gasteiger partial charge in [-0.2, -0.15) is 0 Å². The van der Waals surface area contributed by atoms with Gasteiger partial charge in [0, 0.05) is 12.5 Å². The predicted octanol–water partition coefficient (Wildman–Crippen LogP) is 0.562. The molecule has 0 aromatic heterocycles. The van der Waals surface area contributed by atoms with Gasteiger partial charge in [-0.25, -0.2) is 0 Å². The Hall–Kier alpha value is -0.810. The molecule has 0 rings (SSSR count). The molecule has 0 aromatic rings. The average molecular weight is 139 g/mol. The van der Waals surface area contributed by atoms with E-state index in [2.05, 4.69) is 0 Å². The minimum Gasteiger partial charge on any atom is -0.327 e. The number of terminal acetylenes is 1. The second-order valence-electron chi connectivity index (χ2n) is 2.68. The molecule has 0 aliphatic heterocycles. The topological polar surface area (TPSA) is 43.1 Å². The summed E-state index contributed by atoms with van der Waals surface area (Å²) in [4.78, 5) is 10.6. The molecule has 0 spiro atoms. The fourth-order valence-corrected chi connectivity index (χ4v) is 0.509. The summed E-state index contributed by atoms with van der Waals surface area (Å²) in [5.74, 6) is 2.14. The smallest absolute Gasteiger partial charge is 0.206 e. The van der Waals surface area contributed by atoms with E-state index >= 15 is 0 Å². The molecule has 0 fully saturated rings. The van der Waals surface area contributed by atoms with Crippen LogP contribution in [-0.4, -0.2) is 11.8 Å². The lowest BCUT2D eigenvalue weighted by Crippen LogP contribution is -2.28. The monoisotopic (exact) mass is 139 g/mol. The van der Waals surface area contributed by atoms with Gasteiger partial charge in [-0.1, -0.05) is 13.8 Å². The number of rotatable bonds is 3. The molecule has 1 unspecified atom stereocenters. The zero-order chi connectivity index (χ0) is 8.15. The van der Waals surface area contributed by atoms with Gasteiger partial charge in [-0.05, 0) is 11.8 Å². The predicted molar refractivity (Wildman–Crippen MR) is 41.3 cm³/mol. The standard InChI is InChI=1S/C8H13NO/c1-4-7(10)5-8(9)6(2)3/h1,6,8H,5,9H2,2-3H3. The highest BCUT2D eigenvalue weighted by molar-refractivity contribution is 5.95. The van der Waals surface area contributed by atoms with Crippen molar-refractivity contribution in [3.05, 3.63) is 0 Å². The molecule has 0 bridgehead atoms. The largest absolute Gasteiger partial charge is 0.327 e. The van der Waals surface area contributed by atoms with Crippen molar-refractivity contribution in [2.24, 2.45) is 11.7 Å². The number of carbonyl (C=O) groups excluding carboxylic acids is 1. The molecule has 1 atom stereocenters. The zero-order valence-electron chi connectivity index (χ0n) is 6.42. The third kappa shape index (κ3) is 3.26. The molecular formula is C8H13NO. The first kappa shape index (κ1) is 9.19. The van der Waals surface area contributed by atoms with Crippen LogP contribution in [0.3, 0.4) is 0 Å². The fraction of sp³-hybridized carbons (Fsp3) is 0.625. The molecule has 0 aliphatic carbocycles. The number of Topliss-reactive ketones (excluding diaryl/α,β-unsaturated/α-hetero) is 1. The van der Waals surface area contributed by atoms with E-state index in [9.17, 15) is 4.79 Å². The van der Waals surface area contributed by atoms with E-state index < -0.39 is 0 Å². The molecule has 0 saturated heterocycles. The summed E-state index contributed by atoms with van der Waals surface area (Å²) in [6, 6.07) is -0.0939. The van der Waals surface area contributed by atoms with Crippen molar-refractivity contribution in [3.8, 4) is 12.3 Å². The van der Waals surface area contributed by atoms with Crippen LogP contribution in [0.15, 0.2) is 0 Å². The van der Waals surface area contributed by atoms with Crippen molar-refractivity contribution in [3.63, 3.8) is 0 Å². The molecule has 10 heavy (non-hydrogen) atoms. The first-order valence-electron chi connectivity index (χ1n) is 3.33. The van der Waals surface area contributed by atoms with Crippen LogP contribution in [0.4, 0.5) is 0 Å². The van der Waals surface area contributed by atoms with E-state index in [-0.39, 0.29) is 11.8 Å². The third-order valence-corrected chi connectivity index (χ3v) is 1.44. The van der Waals surface area contributed by atoms with Crippen LogP contribution in [-0.2, 0) is 4.79 Å². The van der Waals surface area contributed by atoms with E-state index in [1.54, 1.807) is 0 Å². The van der Waals surface area contributed by atoms with Gasteiger partial charge in [0.05, 0.1) is 0 Å². The van der Waals surface area contributed by atoms with Crippen LogP contribution in [0.2, 0.25) is 0 Å². The first-order valence-corrected chi connectivity index (χ1v) is 3.33. The van der Waals surface area contributed by atoms with Crippen LogP contribution in [0.25, 0.3) is 0 Å². The molecule has 2 N–H and O–H groups in total. The third-order valence-electron chi connectivity index (χ3n) is 1.44. The quantitative estimate of drug-likeness (QED) is 0.458. The molecule has 0 saturated carbocycles. The maximum Gasteiger partial charge on any atom is 0.206 e. The Kier molecular flexibility index (Phi) is 3.75. The summed E-state index contributed by atoms with van der Waals surface area (Å²) in [5, 5.41) is 0. The van der Waals surface area contributed by atoms with Gasteiger partial charge in [-0.3, -0.25) is 4.79 Å². The maximum absolute atomic E-state index is 10.6. The summed E-state index contributed by atoms with van der Waals surface area (Å²) < 4.78 is 0. The van der Waals surface area contributed by atoms with Gasteiger partial charge in [-0.15, -0.1) is 6.42 Å². The highest BCUT2D eigenvalue weighted by Crippen LogP contribution is 2.02. The van der Waals surface area contributed by atoms with Crippen molar-refractivity contribution in [2.75, 3.05) is 0 Å². The second-order valence-corrected chi connectivity index (χ2v) is 2.68. The van der Waals surface area contributed by atoms with Crippen LogP contribution < -0.4 is 5.73 Å². The molecule has 0 heterocycles. The Balaban J connectivity index is 3.71. The second kappa shape index (κ2) is 4.08. The normalized spacial score (nSPS) is 12.7. The average Bonchev–Trinajstić information content (AvgIpc) is 1.87. The van der Waals surface area contributed by atoms with Gasteiger partial charge in [0.2, 0.25) is 5.78 Å². The lowest BCUT2D eigenvalue weighted by Gasteiger charge is -2.11. The number of hydrogen-bond donors (Lipinski definition) is 1. The highest BCUT2D eigenvalue weighted by atomic mass is 16.1. The molecule has 0 aromatic carbocycles. The van der Waals surface area contributed by atoms with Gasteiger partial charge >= 0.3 is 0 Å². The van der Waals surface area contributed by atoms with Crippen LogP contribution in [0, 0.1) is 18.3 Å². The van der Waals surface area contributed by atoms with Gasteiger partial charge in [0.1, 0.15) is 0 Å². The Morgan fingerprint density at radius 2 is 2.20 bits per heavy atom. The van der Waals surface area contributed by atoms with E-state index in [0.717, 1.165) is 0 Å². The van der Waals surface area contributed by atoms with Crippen molar-refractivity contribution >= 4 is 5.78 Å². The molecule has 0 amide bonds. The fourth-order valence-electron chi connectivity index (χ4n) is 0.509. The van der Waals surface area contributed by atoms with E-state index in [4.69, 9.17) is 12.2 Å². The Bertz CT molecular complexity index is 155. The lowest BCUT2D eigenvalue weighted by molar-refractivity contribution is -0.114. The molecule has 2 heteroatoms. The van der Waals surface area contributed by atoms with Crippen LogP contribution >= 0.6 is 0 Å². The van der Waals surface area contributed by atoms with Crippen molar-refractivity contribution in [1.29, 1.82) is 0 Å². The van der Waals surface area contributed by atoms with Crippen molar-refractivity contribution < 1.29 is 4.79 Å². The summed E-state index contributed by atoms with van der Waals surface area (Å²) >= 11 is 0. The molecule has 0 radical (unpaired) electrons. The van der Waals surface area contributed by atoms with Crippen molar-refractivity contribution in [1.82, 2.24) is 0 Å². The number of hydrogen-bond acceptors (Lipinski definition) is 2. The van der Waals surface area contributed by atoms with Gasteiger partial charge in [0.15, 0.2) is 0 Å². The lowest BCUT2D eigenvalue weighted by atomic mass is 10.0. The minimum absolute atomic E-state index is 0.0939. The molecule has 56 valence electrons. The minimum atomic E-state index is -0.207.